The molecule has 7 aromatic rings. The number of nitrogens with one attached hydrogen (secondary N) is 2. The Kier molecular flexibility index (Phi) is 9.28. The van der Waals surface area contributed by atoms with Crippen molar-refractivity contribution in [2.24, 2.45) is 5.73 Å². The maximum atomic E-state index is 8.83. The second-order valence-electron chi connectivity index (χ2n) is 11.3. The molecule has 0 aliphatic carbocycles. The fourth-order valence-electron chi connectivity index (χ4n) is 5.44. The predicted octanol–water partition coefficient (Wildman–Crippen LogP) is 11.1. The van der Waals surface area contributed by atoms with E-state index in [2.05, 4.69) is 85.5 Å². The first-order valence-electron chi connectivity index (χ1n) is 15.4. The summed E-state index contributed by atoms with van der Waals surface area (Å²) < 4.78 is 2.32. The Hall–Kier alpha value is -5.91. The van der Waals surface area contributed by atoms with Crippen molar-refractivity contribution < 1.29 is 0 Å². The second-order valence-corrected chi connectivity index (χ2v) is 12.3. The average molecular weight is 629 g/mol. The van der Waals surface area contributed by atoms with Gasteiger partial charge in [0.25, 0.3) is 0 Å². The molecule has 1 aromatic heterocycles. The molecular weight excluding hydrogens is 593 g/mol. The summed E-state index contributed by atoms with van der Waals surface area (Å²) in [7, 11) is 0. The van der Waals surface area contributed by atoms with Crippen LogP contribution in [0.25, 0.3) is 43.1 Å². The molecule has 0 fully saturated rings. The molecule has 0 bridgehead atoms. The second kappa shape index (κ2) is 14.0. The van der Waals surface area contributed by atoms with E-state index < -0.39 is 0 Å². The molecule has 230 valence electrons. The van der Waals surface area contributed by atoms with Gasteiger partial charge in [-0.15, -0.1) is 11.3 Å². The van der Waals surface area contributed by atoms with Crippen LogP contribution in [-0.2, 0) is 0 Å². The number of aryl methyl sites for hydroxylation is 1. The molecule has 0 spiro atoms. The van der Waals surface area contributed by atoms with Crippen molar-refractivity contribution in [1.29, 1.82) is 5.41 Å². The normalized spacial score (nSPS) is 11.1. The number of benzene rings is 6. The Morgan fingerprint density at radius 3 is 2.15 bits per heavy atom. The number of hydrogen-bond acceptors (Lipinski definition) is 5. The Morgan fingerprint density at radius 2 is 1.43 bits per heavy atom. The van der Waals surface area contributed by atoms with E-state index in [0.717, 1.165) is 59.4 Å². The molecule has 0 aliphatic heterocycles. The first kappa shape index (κ1) is 31.1. The number of hydrogen-bond donors (Lipinski definition) is 4. The molecular formula is C42H36N4S. The fourth-order valence-corrected chi connectivity index (χ4v) is 6.59. The molecule has 5 heteroatoms. The van der Waals surface area contributed by atoms with Crippen LogP contribution < -0.4 is 16.8 Å². The van der Waals surface area contributed by atoms with Crippen LogP contribution >= 0.6 is 11.3 Å². The van der Waals surface area contributed by atoms with Crippen LogP contribution in [-0.4, -0.2) is 5.71 Å². The molecule has 6 N–H and O–H groups in total. The molecule has 0 saturated heterocycles. The summed E-state index contributed by atoms with van der Waals surface area (Å²) in [6, 6.07) is 46.8. The minimum absolute atomic E-state index is 0.371. The van der Waals surface area contributed by atoms with Crippen molar-refractivity contribution in [2.45, 2.75) is 6.92 Å². The van der Waals surface area contributed by atoms with Gasteiger partial charge in [-0.25, -0.2) is 0 Å². The Bertz CT molecular complexity index is 2230. The third-order valence-corrected chi connectivity index (χ3v) is 9.14. The third-order valence-electron chi connectivity index (χ3n) is 7.92. The van der Waals surface area contributed by atoms with E-state index in [0.29, 0.717) is 17.1 Å². The Labute approximate surface area is 279 Å². The average Bonchev–Trinajstić information content (AvgIpc) is 3.49. The highest BCUT2D eigenvalue weighted by Crippen LogP contribution is 2.40. The highest BCUT2D eigenvalue weighted by molar-refractivity contribution is 7.26. The third kappa shape index (κ3) is 7.17. The molecule has 0 unspecified atom stereocenters. The highest BCUT2D eigenvalue weighted by atomic mass is 32.1. The van der Waals surface area contributed by atoms with Gasteiger partial charge in [-0.3, -0.25) is 0 Å². The maximum absolute atomic E-state index is 8.83. The van der Waals surface area contributed by atoms with Crippen LogP contribution in [0.2, 0.25) is 0 Å². The largest absolute Gasteiger partial charge is 0.399 e. The lowest BCUT2D eigenvalue weighted by atomic mass is 10.00. The quantitative estimate of drug-likeness (QED) is 0.105. The summed E-state index contributed by atoms with van der Waals surface area (Å²) in [5, 5.41) is 14.7. The lowest BCUT2D eigenvalue weighted by Gasteiger charge is -2.11. The summed E-state index contributed by atoms with van der Waals surface area (Å²) in [4.78, 5) is 0. The van der Waals surface area contributed by atoms with E-state index in [-0.39, 0.29) is 0 Å². The molecule has 1 heterocycles. The molecule has 0 atom stereocenters. The summed E-state index contributed by atoms with van der Waals surface area (Å²) in [5.41, 5.74) is 22.3. The molecule has 0 radical (unpaired) electrons. The number of nitrogens with two attached hydrogens (primary N) is 2. The van der Waals surface area contributed by atoms with Gasteiger partial charge in [0.2, 0.25) is 0 Å². The van der Waals surface area contributed by atoms with Crippen LogP contribution in [0, 0.1) is 12.3 Å². The molecule has 0 aliphatic rings. The van der Waals surface area contributed by atoms with Gasteiger partial charge in [-0.2, -0.15) is 0 Å². The van der Waals surface area contributed by atoms with E-state index in [9.17, 15) is 0 Å². The summed E-state index contributed by atoms with van der Waals surface area (Å²) in [6.07, 6.45) is 3.55. The number of allylic oxidation sites excluding steroid dienone is 1. The smallest absolute Gasteiger partial charge is 0.0633 e. The maximum Gasteiger partial charge on any atom is 0.0633 e. The van der Waals surface area contributed by atoms with E-state index >= 15 is 0 Å². The van der Waals surface area contributed by atoms with Gasteiger partial charge in [0.1, 0.15) is 0 Å². The van der Waals surface area contributed by atoms with Gasteiger partial charge in [0.15, 0.2) is 0 Å². The van der Waals surface area contributed by atoms with Gasteiger partial charge < -0.3 is 22.2 Å². The number of thiophene rings is 1. The van der Waals surface area contributed by atoms with E-state index in [4.69, 9.17) is 16.9 Å². The zero-order valence-electron chi connectivity index (χ0n) is 26.2. The zero-order chi connectivity index (χ0) is 32.8. The van der Waals surface area contributed by atoms with Crippen molar-refractivity contribution in [3.8, 4) is 11.1 Å². The van der Waals surface area contributed by atoms with Gasteiger partial charge >= 0.3 is 0 Å². The molecule has 7 rings (SSSR count). The topological polar surface area (TPSA) is 87.9 Å². The molecule has 4 nitrogen and oxygen atoms in total. The van der Waals surface area contributed by atoms with Crippen molar-refractivity contribution >= 4 is 66.1 Å². The lowest BCUT2D eigenvalue weighted by Crippen LogP contribution is -2.02. The number of fused-ring (bicyclic) bond motifs is 3. The monoisotopic (exact) mass is 628 g/mol. The van der Waals surface area contributed by atoms with Crippen LogP contribution in [0.4, 0.5) is 17.1 Å². The Morgan fingerprint density at radius 1 is 0.702 bits per heavy atom. The predicted molar refractivity (Wildman–Crippen MR) is 206 cm³/mol. The Balaban J connectivity index is 0.000000491. The van der Waals surface area contributed by atoms with Crippen LogP contribution in [0.5, 0.6) is 0 Å². The first-order valence-corrected chi connectivity index (χ1v) is 16.2. The van der Waals surface area contributed by atoms with Gasteiger partial charge in [-0.05, 0) is 77.7 Å². The van der Waals surface area contributed by atoms with Crippen molar-refractivity contribution in [3.05, 3.63) is 174 Å². The fraction of sp³-hybridized carbons (Fsp3) is 0.0238. The molecule has 0 amide bonds. The van der Waals surface area contributed by atoms with Gasteiger partial charge in [0, 0.05) is 38.1 Å². The van der Waals surface area contributed by atoms with E-state index in [1.165, 1.54) is 5.56 Å². The minimum Gasteiger partial charge on any atom is -0.399 e. The van der Waals surface area contributed by atoms with Gasteiger partial charge in [0.05, 0.1) is 16.1 Å². The lowest BCUT2D eigenvalue weighted by molar-refractivity contribution is 1.47. The number of rotatable bonds is 7. The van der Waals surface area contributed by atoms with Gasteiger partial charge in [-0.1, -0.05) is 115 Å². The standard InChI is InChI=1S/C35H28N4S.C7H8/c1-2-22-19-27(36)15-16-32(22)39-33-13-7-12-28-29-20-26(14-17-34(29)40-35(28)33)31(38)21-30(37)25-11-6-10-24(18-25)23-8-4-3-5-9-23;1-7-5-3-2-4-6-7/h2-21,38-39H,1,36-37H2;2-6H,1H3/b30-21-,38-31?;. The number of anilines is 3. The van der Waals surface area contributed by atoms with Crippen LogP contribution in [0.15, 0.2) is 152 Å². The highest BCUT2D eigenvalue weighted by Gasteiger charge is 2.12. The molecule has 0 saturated carbocycles. The summed E-state index contributed by atoms with van der Waals surface area (Å²) >= 11 is 1.73. The van der Waals surface area contributed by atoms with Crippen molar-refractivity contribution in [1.82, 2.24) is 0 Å². The summed E-state index contributed by atoms with van der Waals surface area (Å²) in [6.45, 7) is 6.01. The van der Waals surface area contributed by atoms with Crippen LogP contribution in [0.3, 0.4) is 0 Å². The van der Waals surface area contributed by atoms with E-state index in [1.807, 2.05) is 72.8 Å². The van der Waals surface area contributed by atoms with E-state index in [1.54, 1.807) is 23.5 Å². The SMILES string of the molecule is C=Cc1cc(N)ccc1Nc1cccc2c1sc1ccc(C(=N)/C=C(\N)c3cccc(-c4ccccc4)c3)cc12.Cc1ccccc1. The zero-order valence-corrected chi connectivity index (χ0v) is 27.0. The molecule has 47 heavy (non-hydrogen) atoms. The van der Waals surface area contributed by atoms with Crippen molar-refractivity contribution in [3.63, 3.8) is 0 Å². The number of nitrogen functional groups attached to an aromatic ring is 1. The summed E-state index contributed by atoms with van der Waals surface area (Å²) in [5.74, 6) is 0. The first-order chi connectivity index (χ1) is 22.9. The molecule has 6 aromatic carbocycles. The van der Waals surface area contributed by atoms with Crippen molar-refractivity contribution in [2.75, 3.05) is 11.1 Å². The minimum atomic E-state index is 0.371. The van der Waals surface area contributed by atoms with Crippen LogP contribution in [0.1, 0.15) is 22.3 Å².